The van der Waals surface area contributed by atoms with E-state index in [0.29, 0.717) is 23.8 Å². The van der Waals surface area contributed by atoms with Crippen molar-refractivity contribution < 1.29 is 9.59 Å². The van der Waals surface area contributed by atoms with E-state index in [1.165, 1.54) is 0 Å². The summed E-state index contributed by atoms with van der Waals surface area (Å²) in [6.07, 6.45) is 0. The summed E-state index contributed by atoms with van der Waals surface area (Å²) in [5.74, 6) is -1.41. The Morgan fingerprint density at radius 2 is 2.00 bits per heavy atom. The molecule has 0 bridgehead atoms. The van der Waals surface area contributed by atoms with Crippen LogP contribution in [0.5, 0.6) is 0 Å². The smallest absolute Gasteiger partial charge is 0.313 e. The molecule has 7 heteroatoms. The first-order chi connectivity index (χ1) is 8.90. The molecule has 0 radical (unpaired) electrons. The van der Waals surface area contributed by atoms with Gasteiger partial charge in [-0.1, -0.05) is 27.5 Å². The molecule has 5 nitrogen and oxygen atoms in total. The van der Waals surface area contributed by atoms with Gasteiger partial charge in [0.15, 0.2) is 0 Å². The number of amides is 2. The van der Waals surface area contributed by atoms with Crippen molar-refractivity contribution in [3.63, 3.8) is 0 Å². The van der Waals surface area contributed by atoms with Gasteiger partial charge in [0.05, 0.1) is 10.7 Å². The first kappa shape index (κ1) is 15.9. The zero-order valence-electron chi connectivity index (χ0n) is 10.7. The average Bonchev–Trinajstić information content (AvgIpc) is 2.32. The van der Waals surface area contributed by atoms with E-state index in [1.54, 1.807) is 18.2 Å². The predicted octanol–water partition coefficient (Wildman–Crippen LogP) is 1.72. The third-order valence-corrected chi connectivity index (χ3v) is 3.04. The Balaban J connectivity index is 2.52. The number of carbonyl (C=O) groups excluding carboxylic acids is 2. The van der Waals surface area contributed by atoms with Crippen LogP contribution in [0.15, 0.2) is 22.7 Å². The number of anilines is 1. The second kappa shape index (κ2) is 7.47. The zero-order chi connectivity index (χ0) is 14.4. The number of likely N-dealkylation sites (N-methyl/N-ethyl adjacent to an activating group) is 1. The molecule has 0 spiro atoms. The summed E-state index contributed by atoms with van der Waals surface area (Å²) in [7, 11) is 3.77. The maximum absolute atomic E-state index is 11.6. The van der Waals surface area contributed by atoms with Crippen LogP contribution < -0.4 is 10.6 Å². The van der Waals surface area contributed by atoms with Crippen LogP contribution >= 0.6 is 27.5 Å². The van der Waals surface area contributed by atoms with Crippen molar-refractivity contribution in [3.05, 3.63) is 27.7 Å². The molecule has 19 heavy (non-hydrogen) atoms. The second-order valence-corrected chi connectivity index (χ2v) is 5.46. The highest BCUT2D eigenvalue weighted by Crippen LogP contribution is 2.25. The molecule has 1 aromatic carbocycles. The Kier molecular flexibility index (Phi) is 6.27. The lowest BCUT2D eigenvalue weighted by molar-refractivity contribution is -0.136. The van der Waals surface area contributed by atoms with Crippen molar-refractivity contribution in [3.8, 4) is 0 Å². The second-order valence-electron chi connectivity index (χ2n) is 4.14. The van der Waals surface area contributed by atoms with Gasteiger partial charge in [0.1, 0.15) is 0 Å². The van der Waals surface area contributed by atoms with E-state index in [2.05, 4.69) is 26.6 Å². The summed E-state index contributed by atoms with van der Waals surface area (Å²) in [5, 5.41) is 5.34. The Morgan fingerprint density at radius 1 is 1.32 bits per heavy atom. The fraction of sp³-hybridized carbons (Fsp3) is 0.333. The van der Waals surface area contributed by atoms with Crippen molar-refractivity contribution in [1.29, 1.82) is 0 Å². The average molecular weight is 349 g/mol. The van der Waals surface area contributed by atoms with Gasteiger partial charge in [-0.15, -0.1) is 0 Å². The van der Waals surface area contributed by atoms with E-state index in [-0.39, 0.29) is 0 Å². The molecule has 0 atom stereocenters. The minimum Gasteiger partial charge on any atom is -0.347 e. The Bertz CT molecular complexity index is 480. The molecule has 0 heterocycles. The maximum Gasteiger partial charge on any atom is 0.313 e. The van der Waals surface area contributed by atoms with E-state index in [9.17, 15) is 9.59 Å². The van der Waals surface area contributed by atoms with Gasteiger partial charge in [0, 0.05) is 17.6 Å². The lowest BCUT2D eigenvalue weighted by Crippen LogP contribution is -2.38. The lowest BCUT2D eigenvalue weighted by atomic mass is 10.3. The van der Waals surface area contributed by atoms with Crippen LogP contribution in [0.3, 0.4) is 0 Å². The standard InChI is InChI=1S/C12H15BrClN3O2/c1-17(2)6-5-15-11(18)12(19)16-10-4-3-8(13)7-9(10)14/h3-4,7H,5-6H2,1-2H3,(H,15,18)(H,16,19). The normalized spacial score (nSPS) is 10.4. The number of hydrogen-bond acceptors (Lipinski definition) is 3. The topological polar surface area (TPSA) is 61.4 Å². The fourth-order valence-electron chi connectivity index (χ4n) is 1.24. The molecule has 0 fully saturated rings. The summed E-state index contributed by atoms with van der Waals surface area (Å²) >= 11 is 9.20. The van der Waals surface area contributed by atoms with E-state index in [0.717, 1.165) is 4.47 Å². The highest BCUT2D eigenvalue weighted by atomic mass is 79.9. The first-order valence-electron chi connectivity index (χ1n) is 5.59. The fourth-order valence-corrected chi connectivity index (χ4v) is 1.96. The SMILES string of the molecule is CN(C)CCNC(=O)C(=O)Nc1ccc(Br)cc1Cl. The minimum absolute atomic E-state index is 0.365. The van der Waals surface area contributed by atoms with Crippen LogP contribution in [-0.4, -0.2) is 43.9 Å². The summed E-state index contributed by atoms with van der Waals surface area (Å²) in [6.45, 7) is 1.07. The quantitative estimate of drug-likeness (QED) is 0.815. The molecule has 1 rings (SSSR count). The summed E-state index contributed by atoms with van der Waals surface area (Å²) in [6, 6.07) is 4.99. The van der Waals surface area contributed by atoms with Crippen molar-refractivity contribution in [2.75, 3.05) is 32.5 Å². The van der Waals surface area contributed by atoms with Gasteiger partial charge in [-0.25, -0.2) is 0 Å². The highest BCUT2D eigenvalue weighted by Gasteiger charge is 2.14. The van der Waals surface area contributed by atoms with Crippen LogP contribution in [0.25, 0.3) is 0 Å². The largest absolute Gasteiger partial charge is 0.347 e. The van der Waals surface area contributed by atoms with Gasteiger partial charge < -0.3 is 15.5 Å². The van der Waals surface area contributed by atoms with E-state index in [1.807, 2.05) is 19.0 Å². The number of nitrogens with one attached hydrogen (secondary N) is 2. The van der Waals surface area contributed by atoms with Gasteiger partial charge in [0.25, 0.3) is 0 Å². The molecule has 0 aliphatic carbocycles. The monoisotopic (exact) mass is 347 g/mol. The third kappa shape index (κ3) is 5.59. The molecule has 0 saturated carbocycles. The molecule has 0 saturated heterocycles. The molecular weight excluding hydrogens is 334 g/mol. The third-order valence-electron chi connectivity index (χ3n) is 2.23. The number of hydrogen-bond donors (Lipinski definition) is 2. The number of rotatable bonds is 4. The van der Waals surface area contributed by atoms with Crippen molar-refractivity contribution in [1.82, 2.24) is 10.2 Å². The molecular formula is C12H15BrClN3O2. The van der Waals surface area contributed by atoms with Gasteiger partial charge in [0.2, 0.25) is 0 Å². The number of halogens is 2. The molecule has 0 aliphatic rings. The minimum atomic E-state index is -0.733. The summed E-state index contributed by atoms with van der Waals surface area (Å²) in [5.41, 5.74) is 0.401. The van der Waals surface area contributed by atoms with Crippen LogP contribution in [0, 0.1) is 0 Å². The molecule has 104 valence electrons. The van der Waals surface area contributed by atoms with E-state index in [4.69, 9.17) is 11.6 Å². The van der Waals surface area contributed by atoms with Gasteiger partial charge in [-0.05, 0) is 32.3 Å². The van der Waals surface area contributed by atoms with Crippen LogP contribution in [0.2, 0.25) is 5.02 Å². The van der Waals surface area contributed by atoms with E-state index >= 15 is 0 Å². The lowest BCUT2D eigenvalue weighted by Gasteiger charge is -2.11. The van der Waals surface area contributed by atoms with Crippen molar-refractivity contribution in [2.24, 2.45) is 0 Å². The Hall–Kier alpha value is -1.11. The maximum atomic E-state index is 11.6. The molecule has 2 N–H and O–H groups in total. The number of benzene rings is 1. The molecule has 0 unspecified atom stereocenters. The first-order valence-corrected chi connectivity index (χ1v) is 6.76. The Labute approximate surface area is 125 Å². The van der Waals surface area contributed by atoms with Crippen LogP contribution in [-0.2, 0) is 9.59 Å². The molecule has 2 amide bonds. The highest BCUT2D eigenvalue weighted by molar-refractivity contribution is 9.10. The van der Waals surface area contributed by atoms with E-state index < -0.39 is 11.8 Å². The van der Waals surface area contributed by atoms with Gasteiger partial charge in [-0.2, -0.15) is 0 Å². The number of carbonyl (C=O) groups is 2. The van der Waals surface area contributed by atoms with Crippen molar-refractivity contribution >= 4 is 45.0 Å². The van der Waals surface area contributed by atoms with Gasteiger partial charge in [-0.3, -0.25) is 9.59 Å². The van der Waals surface area contributed by atoms with Gasteiger partial charge >= 0.3 is 11.8 Å². The predicted molar refractivity (Wildman–Crippen MR) is 79.3 cm³/mol. The molecule has 0 aromatic heterocycles. The zero-order valence-corrected chi connectivity index (χ0v) is 13.0. The summed E-state index contributed by atoms with van der Waals surface area (Å²) < 4.78 is 0.797. The Morgan fingerprint density at radius 3 is 2.58 bits per heavy atom. The van der Waals surface area contributed by atoms with Crippen molar-refractivity contribution in [2.45, 2.75) is 0 Å². The summed E-state index contributed by atoms with van der Waals surface area (Å²) in [4.78, 5) is 25.0. The number of nitrogens with zero attached hydrogens (tertiary/aromatic N) is 1. The molecule has 1 aromatic rings. The van der Waals surface area contributed by atoms with Crippen LogP contribution in [0.1, 0.15) is 0 Å². The molecule has 0 aliphatic heterocycles. The van der Waals surface area contributed by atoms with Crippen LogP contribution in [0.4, 0.5) is 5.69 Å².